The lowest BCUT2D eigenvalue weighted by Gasteiger charge is -2.27. The Bertz CT molecular complexity index is 1250. The van der Waals surface area contributed by atoms with E-state index >= 15 is 0 Å². The predicted octanol–water partition coefficient (Wildman–Crippen LogP) is 6.40. The summed E-state index contributed by atoms with van der Waals surface area (Å²) in [7, 11) is 9.03. The van der Waals surface area contributed by atoms with Gasteiger partial charge in [-0.05, 0) is 60.9 Å². The molecule has 3 heterocycles. The number of thioether (sulfide) groups is 1. The molecule has 0 bridgehead atoms. The minimum atomic E-state index is 0.732. The standard InChI is InChI=1S/C30H37N3S/c1-31-20-19-24(26-11-5-6-12-27(26)31)17-18-25-16-15-23(10-9-21-33(2,3)4)22-32-28-13-7-8-14-29(28)34-30(25)32/h5-8,11-14,17-20,23H,9-10,15-16,21-22H2,1-4H3/q+2. The minimum absolute atomic E-state index is 0.732. The van der Waals surface area contributed by atoms with Gasteiger partial charge in [0.2, 0.25) is 5.52 Å². The quantitative estimate of drug-likeness (QED) is 0.303. The van der Waals surface area contributed by atoms with Gasteiger partial charge in [0, 0.05) is 23.6 Å². The third kappa shape index (κ3) is 4.94. The van der Waals surface area contributed by atoms with Crippen molar-refractivity contribution in [2.45, 2.75) is 30.6 Å². The van der Waals surface area contributed by atoms with E-state index in [2.05, 4.69) is 111 Å². The van der Waals surface area contributed by atoms with Crippen LogP contribution >= 0.6 is 11.8 Å². The number of fused-ring (bicyclic) bond motifs is 4. The molecule has 0 aliphatic carbocycles. The average Bonchev–Trinajstić information content (AvgIpc) is 3.08. The van der Waals surface area contributed by atoms with E-state index in [4.69, 9.17) is 0 Å². The normalized spacial score (nSPS) is 18.5. The molecule has 176 valence electrons. The van der Waals surface area contributed by atoms with Crippen molar-refractivity contribution in [1.29, 1.82) is 0 Å². The maximum absolute atomic E-state index is 2.62. The summed E-state index contributed by atoms with van der Waals surface area (Å²) in [6.45, 7) is 2.38. The van der Waals surface area contributed by atoms with Gasteiger partial charge in [-0.1, -0.05) is 48.2 Å². The second-order valence-electron chi connectivity index (χ2n) is 10.8. The molecule has 0 N–H and O–H groups in total. The molecule has 0 amide bonds. The second-order valence-corrected chi connectivity index (χ2v) is 11.8. The van der Waals surface area contributed by atoms with Gasteiger partial charge in [0.25, 0.3) is 0 Å². The summed E-state index contributed by atoms with van der Waals surface area (Å²) in [6.07, 6.45) is 11.9. The van der Waals surface area contributed by atoms with Crippen LogP contribution in [0.4, 0.5) is 5.69 Å². The summed E-state index contributed by atoms with van der Waals surface area (Å²) in [5.41, 5.74) is 5.43. The van der Waals surface area contributed by atoms with Crippen LogP contribution in [0.5, 0.6) is 0 Å². The van der Waals surface area contributed by atoms with E-state index in [0.29, 0.717) is 0 Å². The topological polar surface area (TPSA) is 7.12 Å². The third-order valence-electron chi connectivity index (χ3n) is 7.12. The van der Waals surface area contributed by atoms with E-state index in [1.165, 1.54) is 63.5 Å². The van der Waals surface area contributed by atoms with Crippen LogP contribution in [-0.2, 0) is 7.05 Å². The molecule has 1 atom stereocenters. The van der Waals surface area contributed by atoms with Crippen LogP contribution in [0.25, 0.3) is 17.0 Å². The molecule has 3 aromatic rings. The Morgan fingerprint density at radius 2 is 1.82 bits per heavy atom. The molecule has 0 radical (unpaired) electrons. The molecule has 3 nitrogen and oxygen atoms in total. The van der Waals surface area contributed by atoms with Crippen molar-refractivity contribution >= 4 is 34.4 Å². The highest BCUT2D eigenvalue weighted by atomic mass is 32.2. The number of anilines is 1. The first-order valence-electron chi connectivity index (χ1n) is 12.5. The van der Waals surface area contributed by atoms with Gasteiger partial charge < -0.3 is 9.38 Å². The Balaban J connectivity index is 1.45. The van der Waals surface area contributed by atoms with Crippen molar-refractivity contribution in [1.82, 2.24) is 0 Å². The van der Waals surface area contributed by atoms with Crippen molar-refractivity contribution in [2.24, 2.45) is 13.0 Å². The number of aromatic nitrogens is 1. The fourth-order valence-corrected chi connectivity index (χ4v) is 6.46. The van der Waals surface area contributed by atoms with E-state index in [0.717, 1.165) is 23.4 Å². The van der Waals surface area contributed by atoms with Gasteiger partial charge in [-0.25, -0.2) is 4.57 Å². The fraction of sp³-hybridized carbons (Fsp3) is 0.367. The number of allylic oxidation sites excluding steroid dienone is 2. The highest BCUT2D eigenvalue weighted by Crippen LogP contribution is 2.50. The zero-order chi connectivity index (χ0) is 23.7. The first-order valence-corrected chi connectivity index (χ1v) is 13.3. The number of pyridine rings is 1. The van der Waals surface area contributed by atoms with Gasteiger partial charge >= 0.3 is 0 Å². The number of quaternary nitrogens is 1. The van der Waals surface area contributed by atoms with Crippen LogP contribution in [-0.4, -0.2) is 38.7 Å². The summed E-state index contributed by atoms with van der Waals surface area (Å²) in [6, 6.07) is 19.9. The summed E-state index contributed by atoms with van der Waals surface area (Å²) in [5, 5.41) is 2.75. The van der Waals surface area contributed by atoms with Crippen LogP contribution in [0.3, 0.4) is 0 Å². The van der Waals surface area contributed by atoms with Gasteiger partial charge in [-0.15, -0.1) is 0 Å². The Kier molecular flexibility index (Phi) is 6.54. The predicted molar refractivity (Wildman–Crippen MR) is 146 cm³/mol. The summed E-state index contributed by atoms with van der Waals surface area (Å²) >= 11 is 1.96. The number of benzene rings is 2. The summed E-state index contributed by atoms with van der Waals surface area (Å²) < 4.78 is 3.25. The van der Waals surface area contributed by atoms with Gasteiger partial charge in [-0.2, -0.15) is 0 Å². The molecule has 0 saturated heterocycles. The lowest BCUT2D eigenvalue weighted by atomic mass is 9.95. The molecule has 4 heteroatoms. The smallest absolute Gasteiger partial charge is 0.212 e. The number of nitrogens with zero attached hydrogens (tertiary/aromatic N) is 3. The highest BCUT2D eigenvalue weighted by Gasteiger charge is 2.31. The molecule has 2 aliphatic rings. The Hall–Kier alpha value is -2.56. The van der Waals surface area contributed by atoms with Crippen molar-refractivity contribution in [3.63, 3.8) is 0 Å². The number of hydrogen-bond donors (Lipinski definition) is 0. The zero-order valence-corrected chi connectivity index (χ0v) is 21.8. The number of aryl methyl sites for hydroxylation is 1. The van der Waals surface area contributed by atoms with E-state index in [-0.39, 0.29) is 0 Å². The van der Waals surface area contributed by atoms with Crippen LogP contribution in [0.15, 0.2) is 82.4 Å². The van der Waals surface area contributed by atoms with Crippen LogP contribution in [0, 0.1) is 5.92 Å². The Morgan fingerprint density at radius 1 is 1.03 bits per heavy atom. The SMILES string of the molecule is C[n+]1ccc(C=CC2=C3Sc4ccccc4N3CC(CCC[N+](C)(C)C)CC2)c2ccccc21. The van der Waals surface area contributed by atoms with Gasteiger partial charge in [0.15, 0.2) is 6.20 Å². The van der Waals surface area contributed by atoms with Crippen molar-refractivity contribution in [3.05, 3.63) is 83.0 Å². The number of hydrogen-bond acceptors (Lipinski definition) is 2. The highest BCUT2D eigenvalue weighted by molar-refractivity contribution is 8.03. The minimum Gasteiger partial charge on any atom is -0.335 e. The maximum atomic E-state index is 2.62. The molecule has 1 aromatic heterocycles. The van der Waals surface area contributed by atoms with E-state index in [1.54, 1.807) is 0 Å². The van der Waals surface area contributed by atoms with Gasteiger partial charge in [0.05, 0.1) is 43.8 Å². The molecule has 5 rings (SSSR count). The average molecular weight is 472 g/mol. The molecular formula is C30H37N3S+2. The third-order valence-corrected chi connectivity index (χ3v) is 8.36. The summed E-state index contributed by atoms with van der Waals surface area (Å²) in [4.78, 5) is 4.01. The maximum Gasteiger partial charge on any atom is 0.212 e. The molecular weight excluding hydrogens is 434 g/mol. The molecule has 0 fully saturated rings. The van der Waals surface area contributed by atoms with E-state index in [1.807, 2.05) is 11.8 Å². The lowest BCUT2D eigenvalue weighted by Crippen LogP contribution is -2.35. The fourth-order valence-electron chi connectivity index (χ4n) is 5.24. The van der Waals surface area contributed by atoms with Crippen LogP contribution in [0.2, 0.25) is 0 Å². The molecule has 34 heavy (non-hydrogen) atoms. The largest absolute Gasteiger partial charge is 0.335 e. The summed E-state index contributed by atoms with van der Waals surface area (Å²) in [5.74, 6) is 0.732. The van der Waals surface area contributed by atoms with Gasteiger partial charge in [0.1, 0.15) is 7.05 Å². The van der Waals surface area contributed by atoms with E-state index in [9.17, 15) is 0 Å². The van der Waals surface area contributed by atoms with E-state index < -0.39 is 0 Å². The number of para-hydroxylation sites is 2. The van der Waals surface area contributed by atoms with Crippen LogP contribution in [0.1, 0.15) is 31.2 Å². The van der Waals surface area contributed by atoms with Gasteiger partial charge in [-0.3, -0.25) is 0 Å². The van der Waals surface area contributed by atoms with Crippen molar-refractivity contribution < 1.29 is 9.05 Å². The molecule has 0 saturated carbocycles. The molecule has 2 aromatic carbocycles. The monoisotopic (exact) mass is 471 g/mol. The Labute approximate surface area is 209 Å². The lowest BCUT2D eigenvalue weighted by molar-refractivity contribution is -0.870. The Morgan fingerprint density at radius 3 is 2.68 bits per heavy atom. The van der Waals surface area contributed by atoms with Crippen molar-refractivity contribution in [3.8, 4) is 0 Å². The van der Waals surface area contributed by atoms with Crippen LogP contribution < -0.4 is 9.47 Å². The second kappa shape index (κ2) is 9.59. The molecule has 0 spiro atoms. The first-order chi connectivity index (χ1) is 16.4. The molecule has 2 aliphatic heterocycles. The van der Waals surface area contributed by atoms with Crippen molar-refractivity contribution in [2.75, 3.05) is 39.1 Å². The number of rotatable bonds is 6. The zero-order valence-electron chi connectivity index (χ0n) is 21.0. The first kappa shape index (κ1) is 23.2. The molecule has 1 unspecified atom stereocenters.